The lowest BCUT2D eigenvalue weighted by Crippen LogP contribution is -2.37. The Bertz CT molecular complexity index is 370. The van der Waals surface area contributed by atoms with Crippen LogP contribution in [-0.2, 0) is 6.54 Å². The third-order valence-electron chi connectivity index (χ3n) is 2.87. The highest BCUT2D eigenvalue weighted by Crippen LogP contribution is 2.15. The Morgan fingerprint density at radius 1 is 1.31 bits per heavy atom. The second-order valence-corrected chi connectivity index (χ2v) is 4.28. The van der Waals surface area contributed by atoms with Crippen LogP contribution in [0.5, 0.6) is 0 Å². The van der Waals surface area contributed by atoms with E-state index in [2.05, 4.69) is 4.90 Å². The molecular formula is C12H15F2NO. The predicted octanol–water partition coefficient (Wildman–Crippen LogP) is 1.92. The molecule has 2 rings (SSSR count). The summed E-state index contributed by atoms with van der Waals surface area (Å²) in [5, 5.41) is 9.48. The lowest BCUT2D eigenvalue weighted by atomic mass is 10.1. The van der Waals surface area contributed by atoms with Crippen LogP contribution in [0.4, 0.5) is 8.78 Å². The smallest absolute Gasteiger partial charge is 0.159 e. The number of halogens is 2. The fourth-order valence-electron chi connectivity index (χ4n) is 2.07. The van der Waals surface area contributed by atoms with Gasteiger partial charge in [0.2, 0.25) is 0 Å². The van der Waals surface area contributed by atoms with Crippen molar-refractivity contribution in [1.82, 2.24) is 4.90 Å². The SMILES string of the molecule is O[C@H]1CCCN(Cc2ccc(F)c(F)c2)C1. The van der Waals surface area contributed by atoms with Crippen molar-refractivity contribution in [2.75, 3.05) is 13.1 Å². The van der Waals surface area contributed by atoms with Crippen molar-refractivity contribution in [2.45, 2.75) is 25.5 Å². The van der Waals surface area contributed by atoms with Crippen molar-refractivity contribution in [3.05, 3.63) is 35.4 Å². The minimum atomic E-state index is -0.817. The van der Waals surface area contributed by atoms with Gasteiger partial charge in [0.05, 0.1) is 6.10 Å². The van der Waals surface area contributed by atoms with E-state index in [-0.39, 0.29) is 6.10 Å². The highest BCUT2D eigenvalue weighted by atomic mass is 19.2. The van der Waals surface area contributed by atoms with Crippen LogP contribution in [0, 0.1) is 11.6 Å². The van der Waals surface area contributed by atoms with E-state index in [1.807, 2.05) is 0 Å². The van der Waals surface area contributed by atoms with Gasteiger partial charge >= 0.3 is 0 Å². The van der Waals surface area contributed by atoms with E-state index >= 15 is 0 Å². The normalized spacial score (nSPS) is 22.3. The van der Waals surface area contributed by atoms with E-state index < -0.39 is 11.6 Å². The summed E-state index contributed by atoms with van der Waals surface area (Å²) in [4.78, 5) is 2.06. The minimum absolute atomic E-state index is 0.293. The van der Waals surface area contributed by atoms with E-state index in [1.165, 1.54) is 6.07 Å². The number of hydrogen-bond donors (Lipinski definition) is 1. The zero-order valence-electron chi connectivity index (χ0n) is 9.00. The Morgan fingerprint density at radius 2 is 2.12 bits per heavy atom. The number of β-amino-alcohol motifs (C(OH)–C–C–N with tert-alkyl or cyclic N) is 1. The van der Waals surface area contributed by atoms with Gasteiger partial charge in [0.1, 0.15) is 0 Å². The number of likely N-dealkylation sites (tertiary alicyclic amines) is 1. The number of hydrogen-bond acceptors (Lipinski definition) is 2. The molecule has 1 heterocycles. The first-order valence-corrected chi connectivity index (χ1v) is 5.49. The second-order valence-electron chi connectivity index (χ2n) is 4.28. The van der Waals surface area contributed by atoms with Crippen molar-refractivity contribution in [3.8, 4) is 0 Å². The van der Waals surface area contributed by atoms with Crippen LogP contribution < -0.4 is 0 Å². The van der Waals surface area contributed by atoms with Gasteiger partial charge in [0.15, 0.2) is 11.6 Å². The van der Waals surface area contributed by atoms with Crippen molar-refractivity contribution in [1.29, 1.82) is 0 Å². The van der Waals surface area contributed by atoms with Crippen molar-refractivity contribution >= 4 is 0 Å². The maximum absolute atomic E-state index is 13.0. The minimum Gasteiger partial charge on any atom is -0.392 e. The van der Waals surface area contributed by atoms with Crippen LogP contribution >= 0.6 is 0 Å². The van der Waals surface area contributed by atoms with Crippen molar-refractivity contribution in [2.24, 2.45) is 0 Å². The Hall–Kier alpha value is -1.00. The monoisotopic (exact) mass is 227 g/mol. The quantitative estimate of drug-likeness (QED) is 0.834. The molecule has 0 bridgehead atoms. The molecule has 1 N–H and O–H groups in total. The predicted molar refractivity (Wildman–Crippen MR) is 56.9 cm³/mol. The summed E-state index contributed by atoms with van der Waals surface area (Å²) in [5.41, 5.74) is 0.744. The van der Waals surface area contributed by atoms with Gasteiger partial charge in [0, 0.05) is 13.1 Å². The zero-order valence-corrected chi connectivity index (χ0v) is 9.00. The van der Waals surface area contributed by atoms with Crippen molar-refractivity contribution in [3.63, 3.8) is 0 Å². The average molecular weight is 227 g/mol. The van der Waals surface area contributed by atoms with Gasteiger partial charge < -0.3 is 5.11 Å². The van der Waals surface area contributed by atoms with E-state index in [0.717, 1.165) is 31.0 Å². The number of rotatable bonds is 2. The summed E-state index contributed by atoms with van der Waals surface area (Å²) in [6.45, 7) is 2.07. The molecule has 0 aliphatic carbocycles. The van der Waals surface area contributed by atoms with E-state index in [9.17, 15) is 13.9 Å². The topological polar surface area (TPSA) is 23.5 Å². The second kappa shape index (κ2) is 4.89. The molecule has 2 nitrogen and oxygen atoms in total. The maximum atomic E-state index is 13.0. The van der Waals surface area contributed by atoms with Gasteiger partial charge in [-0.25, -0.2) is 8.78 Å². The van der Waals surface area contributed by atoms with Crippen LogP contribution in [0.25, 0.3) is 0 Å². The molecule has 88 valence electrons. The zero-order chi connectivity index (χ0) is 11.5. The van der Waals surface area contributed by atoms with Crippen LogP contribution in [0.15, 0.2) is 18.2 Å². The summed E-state index contributed by atoms with van der Waals surface area (Å²) in [7, 11) is 0. The Labute approximate surface area is 93.5 Å². The molecule has 0 unspecified atom stereocenters. The molecule has 1 aliphatic heterocycles. The Kier molecular flexibility index (Phi) is 3.51. The molecule has 1 atom stereocenters. The highest BCUT2D eigenvalue weighted by molar-refractivity contribution is 5.17. The number of benzene rings is 1. The molecule has 1 aromatic carbocycles. The number of piperidine rings is 1. The molecule has 1 aliphatic rings. The molecule has 0 spiro atoms. The molecule has 4 heteroatoms. The fourth-order valence-corrected chi connectivity index (χ4v) is 2.07. The third kappa shape index (κ3) is 2.77. The van der Waals surface area contributed by atoms with Crippen LogP contribution in [-0.4, -0.2) is 29.2 Å². The van der Waals surface area contributed by atoms with Gasteiger partial charge in [-0.15, -0.1) is 0 Å². The van der Waals surface area contributed by atoms with Gasteiger partial charge in [-0.3, -0.25) is 4.90 Å². The number of aliphatic hydroxyl groups excluding tert-OH is 1. The molecule has 1 fully saturated rings. The number of nitrogens with zero attached hydrogens (tertiary/aromatic N) is 1. The van der Waals surface area contributed by atoms with Gasteiger partial charge in [-0.2, -0.15) is 0 Å². The molecule has 0 radical (unpaired) electrons. The average Bonchev–Trinajstić information content (AvgIpc) is 2.24. The summed E-state index contributed by atoms with van der Waals surface area (Å²) in [5.74, 6) is -1.63. The highest BCUT2D eigenvalue weighted by Gasteiger charge is 2.17. The molecule has 0 saturated carbocycles. The Balaban J connectivity index is 2.00. The summed E-state index contributed by atoms with van der Waals surface area (Å²) in [6.07, 6.45) is 1.48. The standard InChI is InChI=1S/C12H15F2NO/c13-11-4-3-9(6-12(11)14)7-15-5-1-2-10(16)8-15/h3-4,6,10,16H,1-2,5,7-8H2/t10-/m0/s1. The number of aliphatic hydroxyl groups is 1. The van der Waals surface area contributed by atoms with Gasteiger partial charge in [-0.05, 0) is 37.1 Å². The molecular weight excluding hydrogens is 212 g/mol. The molecule has 16 heavy (non-hydrogen) atoms. The summed E-state index contributed by atoms with van der Waals surface area (Å²) in [6, 6.07) is 3.95. The Morgan fingerprint density at radius 3 is 2.81 bits per heavy atom. The van der Waals surface area contributed by atoms with E-state index in [1.54, 1.807) is 6.07 Å². The largest absolute Gasteiger partial charge is 0.392 e. The first-order chi connectivity index (χ1) is 7.65. The first kappa shape index (κ1) is 11.5. The maximum Gasteiger partial charge on any atom is 0.159 e. The summed E-state index contributed by atoms with van der Waals surface area (Å²) < 4.78 is 25.7. The van der Waals surface area contributed by atoms with E-state index in [0.29, 0.717) is 13.1 Å². The van der Waals surface area contributed by atoms with Crippen LogP contribution in [0.2, 0.25) is 0 Å². The third-order valence-corrected chi connectivity index (χ3v) is 2.87. The summed E-state index contributed by atoms with van der Waals surface area (Å²) >= 11 is 0. The molecule has 0 aromatic heterocycles. The van der Waals surface area contributed by atoms with Crippen LogP contribution in [0.3, 0.4) is 0 Å². The van der Waals surface area contributed by atoms with E-state index in [4.69, 9.17) is 0 Å². The molecule has 0 amide bonds. The lowest BCUT2D eigenvalue weighted by Gasteiger charge is -2.29. The molecule has 1 saturated heterocycles. The van der Waals surface area contributed by atoms with Gasteiger partial charge in [-0.1, -0.05) is 6.07 Å². The van der Waals surface area contributed by atoms with Crippen LogP contribution in [0.1, 0.15) is 18.4 Å². The van der Waals surface area contributed by atoms with Gasteiger partial charge in [0.25, 0.3) is 0 Å². The first-order valence-electron chi connectivity index (χ1n) is 5.49. The molecule has 1 aromatic rings. The van der Waals surface area contributed by atoms with Crippen molar-refractivity contribution < 1.29 is 13.9 Å². The lowest BCUT2D eigenvalue weighted by molar-refractivity contribution is 0.0668. The fraction of sp³-hybridized carbons (Fsp3) is 0.500.